The molecule has 1 fully saturated rings. The van der Waals surface area contributed by atoms with Gasteiger partial charge in [0.1, 0.15) is 12.7 Å². The van der Waals surface area contributed by atoms with E-state index in [0.717, 1.165) is 31.6 Å². The molecule has 0 amide bonds. The molecule has 6 nitrogen and oxygen atoms in total. The fourth-order valence-electron chi connectivity index (χ4n) is 2.86. The van der Waals surface area contributed by atoms with Crippen LogP contribution in [0.5, 0.6) is 0 Å². The van der Waals surface area contributed by atoms with Crippen molar-refractivity contribution in [2.45, 2.75) is 18.9 Å². The first kappa shape index (κ1) is 11.6. The van der Waals surface area contributed by atoms with Crippen LogP contribution in [0.4, 0.5) is 0 Å². The van der Waals surface area contributed by atoms with E-state index >= 15 is 0 Å². The van der Waals surface area contributed by atoms with Gasteiger partial charge in [0.05, 0.1) is 23.4 Å². The molecule has 0 bridgehead atoms. The van der Waals surface area contributed by atoms with Crippen LogP contribution in [0.1, 0.15) is 18.9 Å². The molecule has 1 N–H and O–H groups in total. The molecular formula is C14H16N6. The third-order valence-electron chi connectivity index (χ3n) is 3.95. The topological polar surface area (TPSA) is 60.6 Å². The van der Waals surface area contributed by atoms with E-state index in [2.05, 4.69) is 43.5 Å². The molecule has 6 heteroatoms. The second-order valence-electron chi connectivity index (χ2n) is 5.18. The molecule has 20 heavy (non-hydrogen) atoms. The zero-order chi connectivity index (χ0) is 13.4. The molecule has 1 aliphatic rings. The van der Waals surface area contributed by atoms with Crippen LogP contribution in [0, 0.1) is 0 Å². The summed E-state index contributed by atoms with van der Waals surface area (Å²) in [5, 5.41) is 16.9. The number of nitrogens with one attached hydrogen (secondary N) is 1. The number of hydrogen-bond acceptors (Lipinski definition) is 4. The van der Waals surface area contributed by atoms with Crippen molar-refractivity contribution >= 4 is 10.9 Å². The Morgan fingerprint density at radius 1 is 1.10 bits per heavy atom. The van der Waals surface area contributed by atoms with Crippen LogP contribution >= 0.6 is 0 Å². The van der Waals surface area contributed by atoms with Crippen molar-refractivity contribution in [2.24, 2.45) is 0 Å². The van der Waals surface area contributed by atoms with Gasteiger partial charge in [-0.3, -0.25) is 9.25 Å². The lowest BCUT2D eigenvalue weighted by atomic mass is 10.1. The zero-order valence-corrected chi connectivity index (χ0v) is 11.1. The summed E-state index contributed by atoms with van der Waals surface area (Å²) in [6.45, 7) is 2.13. The van der Waals surface area contributed by atoms with Crippen molar-refractivity contribution in [3.05, 3.63) is 37.1 Å². The molecule has 1 aliphatic heterocycles. The van der Waals surface area contributed by atoms with Crippen molar-refractivity contribution in [3.8, 4) is 5.69 Å². The number of piperidine rings is 1. The molecular weight excluding hydrogens is 252 g/mol. The number of benzene rings is 1. The van der Waals surface area contributed by atoms with Gasteiger partial charge in [0.25, 0.3) is 0 Å². The van der Waals surface area contributed by atoms with Gasteiger partial charge in [0.15, 0.2) is 0 Å². The highest BCUT2D eigenvalue weighted by Gasteiger charge is 2.17. The number of hydrogen-bond donors (Lipinski definition) is 1. The van der Waals surface area contributed by atoms with Crippen LogP contribution in [0.2, 0.25) is 0 Å². The summed E-state index contributed by atoms with van der Waals surface area (Å²) in [6.07, 6.45) is 7.65. The summed E-state index contributed by atoms with van der Waals surface area (Å²) in [5.41, 5.74) is 2.25. The Bertz CT molecular complexity index is 708. The third kappa shape index (κ3) is 1.89. The minimum atomic E-state index is 0.491. The van der Waals surface area contributed by atoms with E-state index in [1.54, 1.807) is 12.7 Å². The van der Waals surface area contributed by atoms with Gasteiger partial charge in [-0.25, -0.2) is 0 Å². The lowest BCUT2D eigenvalue weighted by Gasteiger charge is -2.23. The summed E-state index contributed by atoms with van der Waals surface area (Å²) in [6, 6.07) is 6.83. The Hall–Kier alpha value is -2.21. The molecule has 3 heterocycles. The second kappa shape index (κ2) is 4.72. The van der Waals surface area contributed by atoms with Gasteiger partial charge in [-0.15, -0.1) is 10.2 Å². The first-order valence-corrected chi connectivity index (χ1v) is 6.95. The van der Waals surface area contributed by atoms with Gasteiger partial charge < -0.3 is 5.32 Å². The van der Waals surface area contributed by atoms with Gasteiger partial charge in [-0.05, 0) is 44.1 Å². The van der Waals surface area contributed by atoms with Crippen molar-refractivity contribution < 1.29 is 0 Å². The summed E-state index contributed by atoms with van der Waals surface area (Å²) in [7, 11) is 0. The second-order valence-corrected chi connectivity index (χ2v) is 5.18. The van der Waals surface area contributed by atoms with E-state index in [9.17, 15) is 0 Å². The average Bonchev–Trinajstić information content (AvgIpc) is 3.17. The quantitative estimate of drug-likeness (QED) is 0.766. The summed E-state index contributed by atoms with van der Waals surface area (Å²) in [4.78, 5) is 0. The van der Waals surface area contributed by atoms with Crippen molar-refractivity contribution in [1.29, 1.82) is 0 Å². The Balaban J connectivity index is 1.79. The highest BCUT2D eigenvalue weighted by Crippen LogP contribution is 2.25. The molecule has 0 radical (unpaired) electrons. The van der Waals surface area contributed by atoms with E-state index in [1.165, 1.54) is 10.9 Å². The van der Waals surface area contributed by atoms with Crippen molar-refractivity contribution in [3.63, 3.8) is 0 Å². The van der Waals surface area contributed by atoms with Gasteiger partial charge >= 0.3 is 0 Å². The van der Waals surface area contributed by atoms with Crippen molar-refractivity contribution in [2.75, 3.05) is 13.1 Å². The lowest BCUT2D eigenvalue weighted by Crippen LogP contribution is -2.29. The molecule has 0 unspecified atom stereocenters. The van der Waals surface area contributed by atoms with Gasteiger partial charge in [-0.1, -0.05) is 0 Å². The molecule has 3 aromatic rings. The Morgan fingerprint density at radius 3 is 2.70 bits per heavy atom. The van der Waals surface area contributed by atoms with E-state index in [1.807, 2.05) is 10.8 Å². The highest BCUT2D eigenvalue weighted by molar-refractivity contribution is 5.81. The molecule has 0 aliphatic carbocycles. The average molecular weight is 268 g/mol. The Kier molecular flexibility index (Phi) is 2.74. The first-order valence-electron chi connectivity index (χ1n) is 6.95. The van der Waals surface area contributed by atoms with Crippen LogP contribution < -0.4 is 5.32 Å². The predicted octanol–water partition coefficient (Wildman–Crippen LogP) is 1.54. The van der Waals surface area contributed by atoms with E-state index in [-0.39, 0.29) is 0 Å². The first-order chi connectivity index (χ1) is 9.92. The number of nitrogens with zero attached hydrogens (tertiary/aromatic N) is 5. The molecule has 1 aromatic carbocycles. The van der Waals surface area contributed by atoms with E-state index < -0.39 is 0 Å². The van der Waals surface area contributed by atoms with Crippen molar-refractivity contribution in [1.82, 2.24) is 29.9 Å². The SMILES string of the molecule is c1cc2cnn(C3CCNCC3)c2cc1-n1cnnc1. The number of fused-ring (bicyclic) bond motifs is 1. The van der Waals surface area contributed by atoms with E-state index in [4.69, 9.17) is 0 Å². The summed E-state index contributed by atoms with van der Waals surface area (Å²) >= 11 is 0. The molecule has 0 spiro atoms. The molecule has 102 valence electrons. The Morgan fingerprint density at radius 2 is 1.90 bits per heavy atom. The predicted molar refractivity (Wildman–Crippen MR) is 75.8 cm³/mol. The Labute approximate surface area is 116 Å². The molecule has 0 saturated carbocycles. The fourth-order valence-corrected chi connectivity index (χ4v) is 2.86. The van der Waals surface area contributed by atoms with Gasteiger partial charge in [-0.2, -0.15) is 5.10 Å². The maximum Gasteiger partial charge on any atom is 0.123 e. The maximum atomic E-state index is 4.59. The molecule has 1 saturated heterocycles. The zero-order valence-electron chi connectivity index (χ0n) is 11.1. The largest absolute Gasteiger partial charge is 0.317 e. The minimum Gasteiger partial charge on any atom is -0.317 e. The molecule has 2 aromatic heterocycles. The molecule has 0 atom stereocenters. The monoisotopic (exact) mass is 268 g/mol. The smallest absolute Gasteiger partial charge is 0.123 e. The maximum absolute atomic E-state index is 4.59. The minimum absolute atomic E-state index is 0.491. The standard InChI is InChI=1S/C14H16N6/c1-2-13(19-9-16-17-10-19)7-14-11(1)8-18-20(14)12-3-5-15-6-4-12/h1-2,7-10,12,15H,3-6H2. The summed E-state index contributed by atoms with van der Waals surface area (Å²) < 4.78 is 4.09. The fraction of sp³-hybridized carbons (Fsp3) is 0.357. The van der Waals surface area contributed by atoms with Crippen LogP contribution in [-0.2, 0) is 0 Å². The van der Waals surface area contributed by atoms with Crippen LogP contribution in [0.3, 0.4) is 0 Å². The number of aromatic nitrogens is 5. The van der Waals surface area contributed by atoms with Gasteiger partial charge in [0, 0.05) is 5.39 Å². The number of rotatable bonds is 2. The van der Waals surface area contributed by atoms with Gasteiger partial charge in [0.2, 0.25) is 0 Å². The van der Waals surface area contributed by atoms with E-state index in [0.29, 0.717) is 6.04 Å². The van der Waals surface area contributed by atoms with Crippen LogP contribution in [0.25, 0.3) is 16.6 Å². The molecule has 4 rings (SSSR count). The van der Waals surface area contributed by atoms with Crippen LogP contribution in [0.15, 0.2) is 37.1 Å². The summed E-state index contributed by atoms with van der Waals surface area (Å²) in [5.74, 6) is 0. The lowest BCUT2D eigenvalue weighted by molar-refractivity contribution is 0.351. The highest BCUT2D eigenvalue weighted by atomic mass is 15.3. The normalized spacial score (nSPS) is 16.8. The third-order valence-corrected chi connectivity index (χ3v) is 3.95. The van der Waals surface area contributed by atoms with Crippen LogP contribution in [-0.4, -0.2) is 37.6 Å².